The van der Waals surface area contributed by atoms with E-state index in [4.69, 9.17) is 0 Å². The van der Waals surface area contributed by atoms with Crippen molar-refractivity contribution in [1.29, 1.82) is 0 Å². The summed E-state index contributed by atoms with van der Waals surface area (Å²) in [6, 6.07) is 8.15. The van der Waals surface area contributed by atoms with Gasteiger partial charge < -0.3 is 9.88 Å². The van der Waals surface area contributed by atoms with Crippen molar-refractivity contribution in [3.05, 3.63) is 35.9 Å². The molecule has 3 aromatic rings. The number of aromatic amines is 2. The van der Waals surface area contributed by atoms with E-state index >= 15 is 0 Å². The number of anilines is 1. The summed E-state index contributed by atoms with van der Waals surface area (Å²) in [6.07, 6.45) is 0. The van der Waals surface area contributed by atoms with Crippen LogP contribution in [-0.4, -0.2) is 56.2 Å². The molecule has 0 radical (unpaired) electrons. The third-order valence-electron chi connectivity index (χ3n) is 4.06. The molecule has 0 unspecified atom stereocenters. The molecule has 0 aliphatic carbocycles. The summed E-state index contributed by atoms with van der Waals surface area (Å²) in [5.74, 6) is 2.71. The lowest BCUT2D eigenvalue weighted by molar-refractivity contribution is 0.243. The minimum atomic E-state index is 0.804. The topological polar surface area (TPSA) is 76.7 Å². The molecule has 1 aliphatic heterocycles. The SMILES string of the molecule is Cc1nc(CN2CCN(c3nc4ccccc4[nH]3)CC2)n[nH]1. The summed E-state index contributed by atoms with van der Waals surface area (Å²) >= 11 is 0. The monoisotopic (exact) mass is 297 g/mol. The molecule has 7 heteroatoms. The highest BCUT2D eigenvalue weighted by molar-refractivity contribution is 5.77. The molecule has 0 atom stereocenters. The van der Waals surface area contributed by atoms with E-state index in [0.29, 0.717) is 0 Å². The van der Waals surface area contributed by atoms with Gasteiger partial charge in [-0.15, -0.1) is 0 Å². The highest BCUT2D eigenvalue weighted by Crippen LogP contribution is 2.18. The summed E-state index contributed by atoms with van der Waals surface area (Å²) in [4.78, 5) is 17.1. The van der Waals surface area contributed by atoms with Gasteiger partial charge in [0.2, 0.25) is 5.95 Å². The van der Waals surface area contributed by atoms with Crippen molar-refractivity contribution in [3.63, 3.8) is 0 Å². The zero-order chi connectivity index (χ0) is 14.9. The molecular formula is C15H19N7. The van der Waals surface area contributed by atoms with E-state index in [1.54, 1.807) is 0 Å². The molecule has 3 heterocycles. The smallest absolute Gasteiger partial charge is 0.203 e. The number of aryl methyl sites for hydroxylation is 1. The fourth-order valence-corrected chi connectivity index (χ4v) is 2.87. The maximum atomic E-state index is 4.67. The summed E-state index contributed by atoms with van der Waals surface area (Å²) in [5, 5.41) is 7.10. The summed E-state index contributed by atoms with van der Waals surface area (Å²) < 4.78 is 0. The zero-order valence-corrected chi connectivity index (χ0v) is 12.6. The lowest BCUT2D eigenvalue weighted by Gasteiger charge is -2.33. The number of nitrogens with zero attached hydrogens (tertiary/aromatic N) is 5. The molecule has 0 amide bonds. The molecule has 2 aromatic heterocycles. The molecule has 0 spiro atoms. The number of rotatable bonds is 3. The van der Waals surface area contributed by atoms with Crippen molar-refractivity contribution in [1.82, 2.24) is 30.0 Å². The van der Waals surface area contributed by atoms with E-state index in [1.165, 1.54) is 0 Å². The van der Waals surface area contributed by atoms with Crippen LogP contribution in [-0.2, 0) is 6.54 Å². The first-order valence-corrected chi connectivity index (χ1v) is 7.58. The van der Waals surface area contributed by atoms with Crippen LogP contribution in [0.5, 0.6) is 0 Å². The molecule has 114 valence electrons. The molecule has 1 aromatic carbocycles. The molecular weight excluding hydrogens is 278 g/mol. The average Bonchev–Trinajstić information content (AvgIpc) is 3.14. The molecule has 22 heavy (non-hydrogen) atoms. The van der Waals surface area contributed by atoms with E-state index in [9.17, 15) is 0 Å². The number of imidazole rings is 1. The van der Waals surface area contributed by atoms with Gasteiger partial charge in [0, 0.05) is 26.2 Å². The van der Waals surface area contributed by atoms with Gasteiger partial charge in [-0.1, -0.05) is 12.1 Å². The first kappa shape index (κ1) is 13.3. The highest BCUT2D eigenvalue weighted by atomic mass is 15.3. The van der Waals surface area contributed by atoms with Crippen LogP contribution in [0.2, 0.25) is 0 Å². The Balaban J connectivity index is 1.40. The number of hydrogen-bond acceptors (Lipinski definition) is 5. The van der Waals surface area contributed by atoms with Gasteiger partial charge in [-0.2, -0.15) is 5.10 Å². The fraction of sp³-hybridized carbons (Fsp3) is 0.400. The lowest BCUT2D eigenvalue weighted by Crippen LogP contribution is -2.46. The maximum absolute atomic E-state index is 4.67. The van der Waals surface area contributed by atoms with Gasteiger partial charge in [-0.3, -0.25) is 10.00 Å². The number of hydrogen-bond donors (Lipinski definition) is 2. The van der Waals surface area contributed by atoms with Crippen LogP contribution in [0.25, 0.3) is 11.0 Å². The number of piperazine rings is 1. The van der Waals surface area contributed by atoms with Crippen molar-refractivity contribution in [2.45, 2.75) is 13.5 Å². The quantitative estimate of drug-likeness (QED) is 0.762. The van der Waals surface area contributed by atoms with Crippen molar-refractivity contribution in [3.8, 4) is 0 Å². The van der Waals surface area contributed by atoms with E-state index < -0.39 is 0 Å². The third-order valence-corrected chi connectivity index (χ3v) is 4.06. The molecule has 0 bridgehead atoms. The van der Waals surface area contributed by atoms with Gasteiger partial charge >= 0.3 is 0 Å². The van der Waals surface area contributed by atoms with E-state index in [-0.39, 0.29) is 0 Å². The Bertz CT molecular complexity index is 734. The van der Waals surface area contributed by atoms with Crippen LogP contribution >= 0.6 is 0 Å². The van der Waals surface area contributed by atoms with E-state index in [2.05, 4.69) is 41.0 Å². The third kappa shape index (κ3) is 2.55. The van der Waals surface area contributed by atoms with Gasteiger partial charge in [0.05, 0.1) is 17.6 Å². The van der Waals surface area contributed by atoms with Crippen LogP contribution in [0.1, 0.15) is 11.6 Å². The standard InChI is InChI=1S/C15H19N7/c1-11-16-14(20-19-11)10-21-6-8-22(9-7-21)15-17-12-4-2-3-5-13(12)18-15/h2-5H,6-10H2,1H3,(H,17,18)(H,16,19,20). The van der Waals surface area contributed by atoms with E-state index in [0.717, 1.165) is 61.4 Å². The Morgan fingerprint density at radius 1 is 1.09 bits per heavy atom. The molecule has 1 saturated heterocycles. The number of fused-ring (bicyclic) bond motifs is 1. The highest BCUT2D eigenvalue weighted by Gasteiger charge is 2.20. The van der Waals surface area contributed by atoms with Gasteiger partial charge in [-0.05, 0) is 19.1 Å². The minimum Gasteiger partial charge on any atom is -0.340 e. The summed E-state index contributed by atoms with van der Waals surface area (Å²) in [6.45, 7) is 6.63. The maximum Gasteiger partial charge on any atom is 0.203 e. The Morgan fingerprint density at radius 2 is 1.91 bits per heavy atom. The number of aromatic nitrogens is 5. The van der Waals surface area contributed by atoms with Gasteiger partial charge in [0.25, 0.3) is 0 Å². The second-order valence-corrected chi connectivity index (χ2v) is 5.68. The van der Waals surface area contributed by atoms with Crippen LogP contribution in [0.4, 0.5) is 5.95 Å². The Morgan fingerprint density at radius 3 is 2.64 bits per heavy atom. The van der Waals surface area contributed by atoms with Crippen LogP contribution < -0.4 is 4.90 Å². The normalized spacial score (nSPS) is 16.5. The van der Waals surface area contributed by atoms with Crippen molar-refractivity contribution in [2.75, 3.05) is 31.1 Å². The van der Waals surface area contributed by atoms with Crippen molar-refractivity contribution in [2.24, 2.45) is 0 Å². The summed E-state index contributed by atoms with van der Waals surface area (Å²) in [5.41, 5.74) is 2.12. The largest absolute Gasteiger partial charge is 0.340 e. The van der Waals surface area contributed by atoms with Gasteiger partial charge in [0.15, 0.2) is 5.82 Å². The first-order chi connectivity index (χ1) is 10.8. The molecule has 0 saturated carbocycles. The second-order valence-electron chi connectivity index (χ2n) is 5.68. The Hall–Kier alpha value is -2.41. The molecule has 7 nitrogen and oxygen atoms in total. The number of H-pyrrole nitrogens is 2. The minimum absolute atomic E-state index is 0.804. The average molecular weight is 297 g/mol. The van der Waals surface area contributed by atoms with Crippen molar-refractivity contribution >= 4 is 17.0 Å². The van der Waals surface area contributed by atoms with E-state index in [1.807, 2.05) is 25.1 Å². The molecule has 1 aliphatic rings. The molecule has 4 rings (SSSR count). The van der Waals surface area contributed by atoms with Crippen LogP contribution in [0.3, 0.4) is 0 Å². The van der Waals surface area contributed by atoms with Crippen molar-refractivity contribution < 1.29 is 0 Å². The van der Waals surface area contributed by atoms with Gasteiger partial charge in [-0.25, -0.2) is 9.97 Å². The predicted molar refractivity (Wildman–Crippen MR) is 84.7 cm³/mol. The fourth-order valence-electron chi connectivity index (χ4n) is 2.87. The first-order valence-electron chi connectivity index (χ1n) is 7.58. The second kappa shape index (κ2) is 5.42. The van der Waals surface area contributed by atoms with Crippen LogP contribution in [0, 0.1) is 6.92 Å². The Labute approximate surface area is 128 Å². The lowest BCUT2D eigenvalue weighted by atomic mass is 10.3. The Kier molecular flexibility index (Phi) is 3.27. The zero-order valence-electron chi connectivity index (χ0n) is 12.6. The number of benzene rings is 1. The van der Waals surface area contributed by atoms with Gasteiger partial charge in [0.1, 0.15) is 5.82 Å². The summed E-state index contributed by atoms with van der Waals surface area (Å²) in [7, 11) is 0. The predicted octanol–water partition coefficient (Wildman–Crippen LogP) is 1.31. The number of nitrogens with one attached hydrogen (secondary N) is 2. The number of para-hydroxylation sites is 2. The molecule has 1 fully saturated rings. The van der Waals surface area contributed by atoms with Crippen LogP contribution in [0.15, 0.2) is 24.3 Å². The molecule has 2 N–H and O–H groups in total.